The van der Waals surface area contributed by atoms with Crippen molar-refractivity contribution in [3.63, 3.8) is 0 Å². The van der Waals surface area contributed by atoms with Crippen LogP contribution in [0.3, 0.4) is 0 Å². The van der Waals surface area contributed by atoms with E-state index in [1.54, 1.807) is 0 Å². The quantitative estimate of drug-likeness (QED) is 0.802. The number of nitrogens with one attached hydrogen (secondary N) is 1. The minimum absolute atomic E-state index is 0.0336. The number of rotatable bonds is 7. The predicted molar refractivity (Wildman–Crippen MR) is 98.6 cm³/mol. The first-order chi connectivity index (χ1) is 11.5. The molecule has 1 unspecified atom stereocenters. The van der Waals surface area contributed by atoms with Crippen molar-refractivity contribution in [3.8, 4) is 0 Å². The Balaban J connectivity index is 1.92. The number of benzene rings is 1. The molecule has 1 fully saturated rings. The van der Waals surface area contributed by atoms with E-state index in [1.165, 1.54) is 5.69 Å². The van der Waals surface area contributed by atoms with Crippen molar-refractivity contribution in [1.82, 2.24) is 10.2 Å². The molecule has 5 nitrogen and oxygen atoms in total. The summed E-state index contributed by atoms with van der Waals surface area (Å²) in [4.78, 5) is 17.1. The summed E-state index contributed by atoms with van der Waals surface area (Å²) in [7, 11) is 0. The summed E-state index contributed by atoms with van der Waals surface area (Å²) in [5, 5.41) is 12.0. The predicted octanol–water partition coefficient (Wildman–Crippen LogP) is 2.11. The Morgan fingerprint density at radius 2 is 1.79 bits per heavy atom. The number of hydrogen-bond donors (Lipinski definition) is 2. The maximum absolute atomic E-state index is 12.3. The van der Waals surface area contributed by atoms with Crippen molar-refractivity contribution in [2.24, 2.45) is 0 Å². The maximum atomic E-state index is 12.3. The molecule has 1 aromatic carbocycles. The molecular weight excluding hydrogens is 302 g/mol. The van der Waals surface area contributed by atoms with Crippen LogP contribution in [-0.2, 0) is 0 Å². The van der Waals surface area contributed by atoms with E-state index in [9.17, 15) is 4.79 Å². The standard InChI is InChI=1S/C19H31N3O2/c1-4-17(9-14-23)20-19(24)16-5-7-18(8-6-16)22-12-10-21(11-13-22)15(2)3/h5-8,15,17,23H,4,9-14H2,1-3H3,(H,20,24). The average molecular weight is 333 g/mol. The van der Waals surface area contributed by atoms with E-state index >= 15 is 0 Å². The van der Waals surface area contributed by atoms with Crippen LogP contribution in [-0.4, -0.2) is 60.8 Å². The van der Waals surface area contributed by atoms with Crippen LogP contribution < -0.4 is 10.2 Å². The van der Waals surface area contributed by atoms with Crippen LogP contribution in [0, 0.1) is 0 Å². The van der Waals surface area contributed by atoms with Gasteiger partial charge in [-0.25, -0.2) is 0 Å². The zero-order valence-corrected chi connectivity index (χ0v) is 15.2. The third kappa shape index (κ3) is 4.95. The lowest BCUT2D eigenvalue weighted by Crippen LogP contribution is -2.48. The van der Waals surface area contributed by atoms with Crippen molar-refractivity contribution in [2.45, 2.75) is 45.7 Å². The molecule has 5 heteroatoms. The van der Waals surface area contributed by atoms with Gasteiger partial charge in [-0.2, -0.15) is 0 Å². The van der Waals surface area contributed by atoms with Gasteiger partial charge in [0.15, 0.2) is 0 Å². The molecule has 0 spiro atoms. The van der Waals surface area contributed by atoms with E-state index in [0.29, 0.717) is 18.0 Å². The van der Waals surface area contributed by atoms with Crippen molar-refractivity contribution in [2.75, 3.05) is 37.7 Å². The van der Waals surface area contributed by atoms with E-state index in [4.69, 9.17) is 5.11 Å². The maximum Gasteiger partial charge on any atom is 0.251 e. The fourth-order valence-corrected chi connectivity index (χ4v) is 3.12. The molecule has 134 valence electrons. The molecule has 2 rings (SSSR count). The Bertz CT molecular complexity index is 508. The first-order valence-electron chi connectivity index (χ1n) is 9.06. The second-order valence-electron chi connectivity index (χ2n) is 6.75. The molecule has 24 heavy (non-hydrogen) atoms. The zero-order valence-electron chi connectivity index (χ0n) is 15.2. The lowest BCUT2D eigenvalue weighted by atomic mass is 10.1. The topological polar surface area (TPSA) is 55.8 Å². The van der Waals surface area contributed by atoms with Crippen LogP contribution in [0.15, 0.2) is 24.3 Å². The monoisotopic (exact) mass is 333 g/mol. The minimum Gasteiger partial charge on any atom is -0.396 e. The number of piperazine rings is 1. The fourth-order valence-electron chi connectivity index (χ4n) is 3.12. The lowest BCUT2D eigenvalue weighted by molar-refractivity contribution is 0.0929. The third-order valence-corrected chi connectivity index (χ3v) is 4.84. The van der Waals surface area contributed by atoms with Crippen LogP contribution in [0.4, 0.5) is 5.69 Å². The lowest BCUT2D eigenvalue weighted by Gasteiger charge is -2.38. The van der Waals surface area contributed by atoms with Crippen molar-refractivity contribution in [1.29, 1.82) is 0 Å². The Labute approximate surface area is 145 Å². The number of hydrogen-bond acceptors (Lipinski definition) is 4. The fraction of sp³-hybridized carbons (Fsp3) is 0.632. The highest BCUT2D eigenvalue weighted by Crippen LogP contribution is 2.18. The van der Waals surface area contributed by atoms with Gasteiger partial charge in [0.05, 0.1) is 0 Å². The molecule has 0 aliphatic carbocycles. The molecule has 1 atom stereocenters. The highest BCUT2D eigenvalue weighted by Gasteiger charge is 2.19. The second kappa shape index (κ2) is 9.04. The summed E-state index contributed by atoms with van der Waals surface area (Å²) in [5.41, 5.74) is 1.85. The molecule has 0 bridgehead atoms. The number of carbonyl (C=O) groups is 1. The summed E-state index contributed by atoms with van der Waals surface area (Å²) in [6.07, 6.45) is 1.42. The summed E-state index contributed by atoms with van der Waals surface area (Å²) in [6, 6.07) is 8.49. The molecule has 2 N–H and O–H groups in total. The van der Waals surface area contributed by atoms with Crippen molar-refractivity contribution < 1.29 is 9.90 Å². The van der Waals surface area contributed by atoms with E-state index in [-0.39, 0.29) is 18.6 Å². The molecule has 1 heterocycles. The van der Waals surface area contributed by atoms with Gasteiger partial charge in [-0.05, 0) is 51.0 Å². The number of nitrogens with zero attached hydrogens (tertiary/aromatic N) is 2. The van der Waals surface area contributed by atoms with Gasteiger partial charge >= 0.3 is 0 Å². The summed E-state index contributed by atoms with van der Waals surface area (Å²) >= 11 is 0. The Morgan fingerprint density at radius 1 is 1.17 bits per heavy atom. The smallest absolute Gasteiger partial charge is 0.251 e. The molecule has 1 aromatic rings. The molecule has 0 radical (unpaired) electrons. The minimum atomic E-state index is -0.0634. The summed E-state index contributed by atoms with van der Waals surface area (Å²) in [5.74, 6) is -0.0634. The molecule has 1 aliphatic rings. The van der Waals surface area contributed by atoms with Gasteiger partial charge in [-0.15, -0.1) is 0 Å². The molecular formula is C19H31N3O2. The normalized spacial score (nSPS) is 17.1. The molecule has 0 aromatic heterocycles. The Kier molecular flexibility index (Phi) is 7.06. The van der Waals surface area contributed by atoms with Gasteiger partial charge in [-0.3, -0.25) is 9.69 Å². The summed E-state index contributed by atoms with van der Waals surface area (Å²) in [6.45, 7) is 10.8. The molecule has 0 saturated carbocycles. The van der Waals surface area contributed by atoms with Gasteiger partial charge in [0.25, 0.3) is 5.91 Å². The van der Waals surface area contributed by atoms with Crippen LogP contribution >= 0.6 is 0 Å². The van der Waals surface area contributed by atoms with Gasteiger partial charge < -0.3 is 15.3 Å². The van der Waals surface area contributed by atoms with Crippen LogP contribution in [0.25, 0.3) is 0 Å². The number of anilines is 1. The highest BCUT2D eigenvalue weighted by atomic mass is 16.3. The highest BCUT2D eigenvalue weighted by molar-refractivity contribution is 5.94. The average Bonchev–Trinajstić information content (AvgIpc) is 2.61. The Morgan fingerprint density at radius 3 is 2.29 bits per heavy atom. The summed E-state index contributed by atoms with van der Waals surface area (Å²) < 4.78 is 0. The van der Waals surface area contributed by atoms with Crippen molar-refractivity contribution >= 4 is 11.6 Å². The molecule has 1 saturated heterocycles. The van der Waals surface area contributed by atoms with E-state index in [0.717, 1.165) is 32.6 Å². The number of aliphatic hydroxyl groups is 1. The largest absolute Gasteiger partial charge is 0.396 e. The van der Waals surface area contributed by atoms with E-state index in [2.05, 4.69) is 29.0 Å². The molecule has 1 aliphatic heterocycles. The third-order valence-electron chi connectivity index (χ3n) is 4.84. The van der Waals surface area contributed by atoms with Gasteiger partial charge in [0.2, 0.25) is 0 Å². The SMILES string of the molecule is CCC(CCO)NC(=O)c1ccc(N2CCN(C(C)C)CC2)cc1. The second-order valence-corrected chi connectivity index (χ2v) is 6.75. The number of carbonyl (C=O) groups excluding carboxylic acids is 1. The first kappa shape index (κ1) is 18.7. The van der Waals surface area contributed by atoms with Crippen LogP contribution in [0.1, 0.15) is 44.0 Å². The van der Waals surface area contributed by atoms with Gasteiger partial charge in [-0.1, -0.05) is 6.92 Å². The molecule has 1 amide bonds. The number of amides is 1. The van der Waals surface area contributed by atoms with Crippen molar-refractivity contribution in [3.05, 3.63) is 29.8 Å². The van der Waals surface area contributed by atoms with Crippen LogP contribution in [0.5, 0.6) is 0 Å². The Hall–Kier alpha value is -1.59. The first-order valence-corrected chi connectivity index (χ1v) is 9.06. The zero-order chi connectivity index (χ0) is 17.5. The van der Waals surface area contributed by atoms with Gasteiger partial charge in [0, 0.05) is 56.1 Å². The van der Waals surface area contributed by atoms with E-state index in [1.807, 2.05) is 31.2 Å². The van der Waals surface area contributed by atoms with Gasteiger partial charge in [0.1, 0.15) is 0 Å². The van der Waals surface area contributed by atoms with E-state index < -0.39 is 0 Å². The number of aliphatic hydroxyl groups excluding tert-OH is 1. The van der Waals surface area contributed by atoms with Crippen LogP contribution in [0.2, 0.25) is 0 Å².